The smallest absolute Gasteiger partial charge is 0.294 e. The Kier molecular flexibility index (Phi) is 3.78. The van der Waals surface area contributed by atoms with Crippen molar-refractivity contribution in [3.8, 4) is 10.6 Å². The van der Waals surface area contributed by atoms with Gasteiger partial charge in [0.05, 0.1) is 10.4 Å². The zero-order chi connectivity index (χ0) is 14.2. The van der Waals surface area contributed by atoms with Crippen molar-refractivity contribution in [1.82, 2.24) is 4.98 Å². The van der Waals surface area contributed by atoms with Gasteiger partial charge in [-0.15, -0.1) is 11.3 Å². The van der Waals surface area contributed by atoms with Crippen LogP contribution in [0.1, 0.15) is 22.2 Å². The second-order valence-electron chi connectivity index (χ2n) is 3.77. The maximum absolute atomic E-state index is 13.0. The van der Waals surface area contributed by atoms with E-state index >= 15 is 0 Å². The molecule has 0 fully saturated rings. The molecule has 0 saturated carbocycles. The van der Waals surface area contributed by atoms with Gasteiger partial charge in [0.25, 0.3) is 0 Å². The molecule has 0 amide bonds. The topological polar surface area (TPSA) is 30.0 Å². The van der Waals surface area contributed by atoms with Gasteiger partial charge in [-0.1, -0.05) is 22.0 Å². The third-order valence-corrected chi connectivity index (χ3v) is 3.99. The number of nitrogens with zero attached hydrogens (tertiary/aromatic N) is 1. The van der Waals surface area contributed by atoms with Crippen LogP contribution in [0.2, 0.25) is 0 Å². The van der Waals surface area contributed by atoms with Gasteiger partial charge in [-0.3, -0.25) is 4.79 Å². The van der Waals surface area contributed by atoms with Crippen molar-refractivity contribution in [2.45, 2.75) is 13.1 Å². The monoisotopic (exact) mass is 349 g/mol. The van der Waals surface area contributed by atoms with E-state index in [-0.39, 0.29) is 16.4 Å². The zero-order valence-electron chi connectivity index (χ0n) is 9.58. The van der Waals surface area contributed by atoms with E-state index in [4.69, 9.17) is 0 Å². The van der Waals surface area contributed by atoms with Crippen LogP contribution in [-0.4, -0.2) is 10.8 Å². The maximum Gasteiger partial charge on any atom is 0.417 e. The van der Waals surface area contributed by atoms with E-state index < -0.39 is 11.7 Å². The minimum atomic E-state index is -4.47. The fourth-order valence-electron chi connectivity index (χ4n) is 1.50. The lowest BCUT2D eigenvalue weighted by Crippen LogP contribution is -2.07. The summed E-state index contributed by atoms with van der Waals surface area (Å²) in [5.41, 5.74) is -0.792. The Balaban J connectivity index is 2.58. The van der Waals surface area contributed by atoms with Crippen LogP contribution >= 0.6 is 27.3 Å². The SMILES string of the molecule is CC(=O)c1cnc(-c2ccc(Br)cc2C(F)(F)F)s1. The predicted molar refractivity (Wildman–Crippen MR) is 70.3 cm³/mol. The van der Waals surface area contributed by atoms with E-state index in [9.17, 15) is 18.0 Å². The number of carbonyl (C=O) groups is 1. The molecule has 0 atom stereocenters. The molecule has 0 unspecified atom stereocenters. The number of carbonyl (C=O) groups excluding carboxylic acids is 1. The summed E-state index contributed by atoms with van der Waals surface area (Å²) in [5, 5.41) is 0.185. The van der Waals surface area contributed by atoms with E-state index in [1.54, 1.807) is 0 Å². The number of thiazole rings is 1. The molecule has 2 aromatic rings. The van der Waals surface area contributed by atoms with Gasteiger partial charge in [-0.25, -0.2) is 4.98 Å². The van der Waals surface area contributed by atoms with Crippen LogP contribution < -0.4 is 0 Å². The first kappa shape index (κ1) is 14.2. The van der Waals surface area contributed by atoms with Gasteiger partial charge in [0, 0.05) is 23.2 Å². The number of ketones is 1. The highest BCUT2D eigenvalue weighted by Gasteiger charge is 2.34. The standard InChI is InChI=1S/C12H7BrF3NOS/c1-6(18)10-5-17-11(19-10)8-3-2-7(13)4-9(8)12(14,15)16/h2-5H,1H3. The van der Waals surface area contributed by atoms with Crippen LogP contribution in [0.15, 0.2) is 28.9 Å². The van der Waals surface area contributed by atoms with E-state index in [0.717, 1.165) is 17.4 Å². The molecule has 0 aliphatic heterocycles. The summed E-state index contributed by atoms with van der Waals surface area (Å²) in [4.78, 5) is 15.4. The normalized spacial score (nSPS) is 11.6. The van der Waals surface area contributed by atoms with Crippen LogP contribution in [0.3, 0.4) is 0 Å². The van der Waals surface area contributed by atoms with Gasteiger partial charge < -0.3 is 0 Å². The van der Waals surface area contributed by atoms with Gasteiger partial charge in [-0.05, 0) is 12.1 Å². The zero-order valence-corrected chi connectivity index (χ0v) is 12.0. The number of rotatable bonds is 2. The molecule has 0 aliphatic rings. The van der Waals surface area contributed by atoms with E-state index in [1.807, 2.05) is 0 Å². The third kappa shape index (κ3) is 3.03. The molecular formula is C12H7BrF3NOS. The van der Waals surface area contributed by atoms with Crippen LogP contribution in [0.4, 0.5) is 13.2 Å². The molecule has 2 rings (SSSR count). The first-order chi connectivity index (χ1) is 8.79. The van der Waals surface area contributed by atoms with Crippen molar-refractivity contribution >= 4 is 33.0 Å². The number of benzene rings is 1. The first-order valence-electron chi connectivity index (χ1n) is 5.13. The molecule has 1 aromatic carbocycles. The van der Waals surface area contributed by atoms with Crippen molar-refractivity contribution in [2.75, 3.05) is 0 Å². The number of alkyl halides is 3. The van der Waals surface area contributed by atoms with E-state index in [1.165, 1.54) is 25.3 Å². The molecule has 0 aliphatic carbocycles. The molecule has 0 N–H and O–H groups in total. The van der Waals surface area contributed by atoms with E-state index in [0.29, 0.717) is 9.35 Å². The Morgan fingerprint density at radius 3 is 2.58 bits per heavy atom. The lowest BCUT2D eigenvalue weighted by Gasteiger charge is -2.11. The molecule has 100 valence electrons. The first-order valence-corrected chi connectivity index (χ1v) is 6.74. The minimum Gasteiger partial charge on any atom is -0.294 e. The molecule has 2 nitrogen and oxygen atoms in total. The van der Waals surface area contributed by atoms with Crippen LogP contribution in [0.5, 0.6) is 0 Å². The van der Waals surface area contributed by atoms with Gasteiger partial charge in [-0.2, -0.15) is 13.2 Å². The Hall–Kier alpha value is -1.21. The van der Waals surface area contributed by atoms with Crippen molar-refractivity contribution in [2.24, 2.45) is 0 Å². The maximum atomic E-state index is 13.0. The summed E-state index contributed by atoms with van der Waals surface area (Å²) in [6, 6.07) is 3.86. The average molecular weight is 350 g/mol. The Labute approximate surface area is 119 Å². The van der Waals surface area contributed by atoms with E-state index in [2.05, 4.69) is 20.9 Å². The van der Waals surface area contributed by atoms with Gasteiger partial charge >= 0.3 is 6.18 Å². The Bertz CT molecular complexity index is 636. The largest absolute Gasteiger partial charge is 0.417 e. The number of aromatic nitrogens is 1. The predicted octanol–water partition coefficient (Wildman–Crippen LogP) is 4.79. The second kappa shape index (κ2) is 5.05. The van der Waals surface area contributed by atoms with Gasteiger partial charge in [0.2, 0.25) is 0 Å². The van der Waals surface area contributed by atoms with Crippen molar-refractivity contribution in [1.29, 1.82) is 0 Å². The molecule has 1 heterocycles. The molecule has 0 saturated heterocycles. The van der Waals surface area contributed by atoms with Gasteiger partial charge in [0.1, 0.15) is 5.01 Å². The second-order valence-corrected chi connectivity index (χ2v) is 5.72. The van der Waals surface area contributed by atoms with Crippen LogP contribution in [0.25, 0.3) is 10.6 Å². The summed E-state index contributed by atoms with van der Waals surface area (Å²) < 4.78 is 39.2. The molecule has 0 spiro atoms. The molecule has 7 heteroatoms. The number of hydrogen-bond acceptors (Lipinski definition) is 3. The lowest BCUT2D eigenvalue weighted by atomic mass is 10.1. The molecule has 0 radical (unpaired) electrons. The van der Waals surface area contributed by atoms with Crippen molar-refractivity contribution < 1.29 is 18.0 Å². The summed E-state index contributed by atoms with van der Waals surface area (Å²) in [6.07, 6.45) is -3.17. The summed E-state index contributed by atoms with van der Waals surface area (Å²) in [5.74, 6) is -0.213. The summed E-state index contributed by atoms with van der Waals surface area (Å²) >= 11 is 3.97. The van der Waals surface area contributed by atoms with Crippen molar-refractivity contribution in [3.05, 3.63) is 39.3 Å². The Morgan fingerprint density at radius 1 is 1.37 bits per heavy atom. The molecular weight excluding hydrogens is 343 g/mol. The quantitative estimate of drug-likeness (QED) is 0.729. The Morgan fingerprint density at radius 2 is 2.05 bits per heavy atom. The average Bonchev–Trinajstić information content (AvgIpc) is 2.77. The molecule has 0 bridgehead atoms. The number of Topliss-reactive ketones (excluding diaryl/α,β-unsaturated/α-hetero) is 1. The summed E-state index contributed by atoms with van der Waals surface area (Å²) in [6.45, 7) is 1.35. The van der Waals surface area contributed by atoms with Crippen molar-refractivity contribution in [3.63, 3.8) is 0 Å². The van der Waals surface area contributed by atoms with Crippen LogP contribution in [-0.2, 0) is 6.18 Å². The minimum absolute atomic E-state index is 0.0202. The number of halogens is 4. The summed E-state index contributed by atoms with van der Waals surface area (Å²) in [7, 11) is 0. The fraction of sp³-hybridized carbons (Fsp3) is 0.167. The van der Waals surface area contributed by atoms with Crippen LogP contribution in [0, 0.1) is 0 Å². The molecule has 19 heavy (non-hydrogen) atoms. The third-order valence-electron chi connectivity index (χ3n) is 2.37. The highest BCUT2D eigenvalue weighted by atomic mass is 79.9. The lowest BCUT2D eigenvalue weighted by molar-refractivity contribution is -0.137. The molecule has 1 aromatic heterocycles. The number of hydrogen-bond donors (Lipinski definition) is 0. The highest BCUT2D eigenvalue weighted by molar-refractivity contribution is 9.10. The fourth-order valence-corrected chi connectivity index (χ4v) is 2.71. The highest BCUT2D eigenvalue weighted by Crippen LogP contribution is 2.39. The van der Waals surface area contributed by atoms with Gasteiger partial charge in [0.15, 0.2) is 5.78 Å².